The van der Waals surface area contributed by atoms with E-state index >= 15 is 0 Å². The van der Waals surface area contributed by atoms with Gasteiger partial charge in [0.2, 0.25) is 5.91 Å². The number of primary amides is 1. The van der Waals surface area contributed by atoms with Gasteiger partial charge in [-0.2, -0.15) is 0 Å². The SMILES string of the molecule is NC(=O)C[C@@H](NC(=O)c1cc(F)c(F)c(F)c1F)C(=O)O. The molecule has 21 heavy (non-hydrogen) atoms. The quantitative estimate of drug-likeness (QED) is 0.413. The van der Waals surface area contributed by atoms with E-state index in [1.165, 1.54) is 0 Å². The van der Waals surface area contributed by atoms with Gasteiger partial charge in [-0.25, -0.2) is 22.4 Å². The molecule has 0 fully saturated rings. The van der Waals surface area contributed by atoms with Crippen molar-refractivity contribution in [2.45, 2.75) is 12.5 Å². The van der Waals surface area contributed by atoms with Crippen molar-refractivity contribution < 1.29 is 37.1 Å². The zero-order valence-corrected chi connectivity index (χ0v) is 10.1. The lowest BCUT2D eigenvalue weighted by Gasteiger charge is -2.13. The third-order valence-electron chi connectivity index (χ3n) is 2.36. The summed E-state index contributed by atoms with van der Waals surface area (Å²) < 4.78 is 51.9. The topological polar surface area (TPSA) is 109 Å². The van der Waals surface area contributed by atoms with Gasteiger partial charge in [-0.3, -0.25) is 9.59 Å². The van der Waals surface area contributed by atoms with Gasteiger partial charge < -0.3 is 16.2 Å². The number of carboxylic acid groups (broad SMARTS) is 1. The predicted octanol–water partition coefficient (Wildman–Crippen LogP) is 0.301. The van der Waals surface area contributed by atoms with Crippen LogP contribution in [-0.2, 0) is 9.59 Å². The number of carbonyl (C=O) groups is 3. The Kier molecular flexibility index (Phi) is 4.84. The summed E-state index contributed by atoms with van der Waals surface area (Å²) >= 11 is 0. The Morgan fingerprint density at radius 2 is 1.71 bits per heavy atom. The van der Waals surface area contributed by atoms with Gasteiger partial charge in [-0.15, -0.1) is 0 Å². The normalized spacial score (nSPS) is 11.8. The molecule has 0 unspecified atom stereocenters. The number of benzene rings is 1. The molecule has 1 aromatic carbocycles. The number of hydrogen-bond acceptors (Lipinski definition) is 3. The molecule has 0 saturated carbocycles. The summed E-state index contributed by atoms with van der Waals surface area (Å²) in [6.45, 7) is 0. The van der Waals surface area contributed by atoms with Crippen molar-refractivity contribution >= 4 is 17.8 Å². The van der Waals surface area contributed by atoms with Gasteiger partial charge in [0.1, 0.15) is 6.04 Å². The number of aliphatic carboxylic acids is 1. The molecular formula is C11H8F4N2O4. The van der Waals surface area contributed by atoms with Crippen molar-refractivity contribution in [2.75, 3.05) is 0 Å². The number of hydrogen-bond donors (Lipinski definition) is 3. The smallest absolute Gasteiger partial charge is 0.326 e. The molecule has 0 aliphatic rings. The van der Waals surface area contributed by atoms with E-state index in [2.05, 4.69) is 0 Å². The maximum atomic E-state index is 13.3. The lowest BCUT2D eigenvalue weighted by molar-refractivity contribution is -0.140. The second kappa shape index (κ2) is 6.20. The number of halogens is 4. The van der Waals surface area contributed by atoms with Crippen molar-refractivity contribution in [3.63, 3.8) is 0 Å². The molecule has 0 heterocycles. The summed E-state index contributed by atoms with van der Waals surface area (Å²) in [5, 5.41) is 10.4. The van der Waals surface area contributed by atoms with E-state index in [9.17, 15) is 31.9 Å². The highest BCUT2D eigenvalue weighted by Gasteiger charge is 2.27. The number of amides is 2. The standard InChI is InChI=1S/C11H8F4N2O4/c12-4-1-3(7(13)9(15)8(4)14)10(19)17-5(11(20)21)2-6(16)18/h1,5H,2H2,(H2,16,18)(H,17,19)(H,20,21)/t5-/m1/s1. The zero-order valence-electron chi connectivity index (χ0n) is 10.1. The number of rotatable bonds is 5. The molecule has 0 aliphatic carbocycles. The van der Waals surface area contributed by atoms with Crippen LogP contribution in [0.2, 0.25) is 0 Å². The summed E-state index contributed by atoms with van der Waals surface area (Å²) in [5.41, 5.74) is 3.50. The van der Waals surface area contributed by atoms with E-state index in [4.69, 9.17) is 10.8 Å². The highest BCUT2D eigenvalue weighted by atomic mass is 19.2. The van der Waals surface area contributed by atoms with Crippen molar-refractivity contribution in [1.82, 2.24) is 5.32 Å². The summed E-state index contributed by atoms with van der Waals surface area (Å²) in [7, 11) is 0. The fourth-order valence-electron chi connectivity index (χ4n) is 1.38. The van der Waals surface area contributed by atoms with E-state index in [0.29, 0.717) is 0 Å². The maximum absolute atomic E-state index is 13.3. The predicted molar refractivity (Wildman–Crippen MR) is 59.0 cm³/mol. The zero-order chi connectivity index (χ0) is 16.3. The van der Waals surface area contributed by atoms with Crippen LogP contribution in [-0.4, -0.2) is 28.9 Å². The maximum Gasteiger partial charge on any atom is 0.326 e. The first-order valence-electron chi connectivity index (χ1n) is 5.30. The van der Waals surface area contributed by atoms with Crippen LogP contribution in [0.15, 0.2) is 6.07 Å². The van der Waals surface area contributed by atoms with Gasteiger partial charge >= 0.3 is 5.97 Å². The van der Waals surface area contributed by atoms with E-state index in [1.807, 2.05) is 0 Å². The van der Waals surface area contributed by atoms with Gasteiger partial charge in [0.25, 0.3) is 5.91 Å². The number of nitrogens with two attached hydrogens (primary N) is 1. The van der Waals surface area contributed by atoms with Crippen LogP contribution >= 0.6 is 0 Å². The van der Waals surface area contributed by atoms with Gasteiger partial charge in [0.15, 0.2) is 23.3 Å². The minimum atomic E-state index is -2.22. The van der Waals surface area contributed by atoms with Crippen molar-refractivity contribution in [2.24, 2.45) is 5.73 Å². The molecule has 1 aromatic rings. The van der Waals surface area contributed by atoms with E-state index < -0.39 is 59.1 Å². The lowest BCUT2D eigenvalue weighted by atomic mass is 10.1. The van der Waals surface area contributed by atoms with Gasteiger partial charge in [0, 0.05) is 0 Å². The highest BCUT2D eigenvalue weighted by Crippen LogP contribution is 2.18. The molecule has 114 valence electrons. The van der Waals surface area contributed by atoms with Crippen LogP contribution in [0.1, 0.15) is 16.8 Å². The summed E-state index contributed by atoms with van der Waals surface area (Å²) in [5.74, 6) is -12.5. The Hall–Kier alpha value is -2.65. The van der Waals surface area contributed by atoms with Crippen molar-refractivity contribution in [3.05, 3.63) is 34.9 Å². The fraction of sp³-hybridized carbons (Fsp3) is 0.182. The Balaban J connectivity index is 3.09. The fourth-order valence-corrected chi connectivity index (χ4v) is 1.38. The number of nitrogens with one attached hydrogen (secondary N) is 1. The Morgan fingerprint density at radius 3 is 2.19 bits per heavy atom. The second-order valence-corrected chi connectivity index (χ2v) is 3.88. The highest BCUT2D eigenvalue weighted by molar-refractivity contribution is 5.97. The Bertz CT molecular complexity index is 621. The molecule has 0 radical (unpaired) electrons. The molecule has 4 N–H and O–H groups in total. The first-order chi connectivity index (χ1) is 9.65. The van der Waals surface area contributed by atoms with Crippen LogP contribution in [0.5, 0.6) is 0 Å². The molecule has 0 aliphatic heterocycles. The molecule has 2 amide bonds. The average Bonchev–Trinajstić information content (AvgIpc) is 2.38. The third kappa shape index (κ3) is 3.68. The second-order valence-electron chi connectivity index (χ2n) is 3.88. The van der Waals surface area contributed by atoms with Crippen molar-refractivity contribution in [1.29, 1.82) is 0 Å². The van der Waals surface area contributed by atoms with E-state index in [1.54, 1.807) is 5.32 Å². The van der Waals surface area contributed by atoms with E-state index in [0.717, 1.165) is 0 Å². The Labute approximate surface area is 114 Å². The molecule has 6 nitrogen and oxygen atoms in total. The Morgan fingerprint density at radius 1 is 1.14 bits per heavy atom. The van der Waals surface area contributed by atoms with Gasteiger partial charge in [0.05, 0.1) is 12.0 Å². The molecule has 10 heteroatoms. The number of carboxylic acids is 1. The molecule has 1 atom stereocenters. The number of carbonyl (C=O) groups excluding carboxylic acids is 2. The molecule has 1 rings (SSSR count). The minimum Gasteiger partial charge on any atom is -0.480 e. The molecule has 0 saturated heterocycles. The van der Waals surface area contributed by atoms with Crippen LogP contribution in [0.4, 0.5) is 17.6 Å². The lowest BCUT2D eigenvalue weighted by Crippen LogP contribution is -2.43. The molecule has 0 spiro atoms. The third-order valence-corrected chi connectivity index (χ3v) is 2.36. The minimum absolute atomic E-state index is 0.0618. The first kappa shape index (κ1) is 16.4. The largest absolute Gasteiger partial charge is 0.480 e. The van der Waals surface area contributed by atoms with Gasteiger partial charge in [-0.1, -0.05) is 0 Å². The summed E-state index contributed by atoms with van der Waals surface area (Å²) in [6.07, 6.45) is -0.825. The van der Waals surface area contributed by atoms with Gasteiger partial charge in [-0.05, 0) is 6.07 Å². The van der Waals surface area contributed by atoms with Crippen LogP contribution in [0, 0.1) is 23.3 Å². The first-order valence-corrected chi connectivity index (χ1v) is 5.30. The van der Waals surface area contributed by atoms with E-state index in [-0.39, 0.29) is 6.07 Å². The van der Waals surface area contributed by atoms with Crippen LogP contribution < -0.4 is 11.1 Å². The molecule has 0 aromatic heterocycles. The van der Waals surface area contributed by atoms with Crippen LogP contribution in [0.25, 0.3) is 0 Å². The summed E-state index contributed by atoms with van der Waals surface area (Å²) in [6, 6.07) is -1.77. The monoisotopic (exact) mass is 308 g/mol. The van der Waals surface area contributed by atoms with Crippen molar-refractivity contribution in [3.8, 4) is 0 Å². The summed E-state index contributed by atoms with van der Waals surface area (Å²) in [4.78, 5) is 32.9. The molecule has 0 bridgehead atoms. The van der Waals surface area contributed by atoms with Crippen LogP contribution in [0.3, 0.4) is 0 Å². The average molecular weight is 308 g/mol. The molecular weight excluding hydrogens is 300 g/mol.